The maximum absolute atomic E-state index is 13.3. The Hall–Kier alpha value is -3.54. The van der Waals surface area contributed by atoms with Gasteiger partial charge in [-0.3, -0.25) is 19.1 Å². The quantitative estimate of drug-likeness (QED) is 0.348. The van der Waals surface area contributed by atoms with Gasteiger partial charge >= 0.3 is 5.97 Å². The van der Waals surface area contributed by atoms with Gasteiger partial charge in [0.15, 0.2) is 0 Å². The van der Waals surface area contributed by atoms with E-state index in [9.17, 15) is 19.5 Å². The molecule has 0 spiro atoms. The molecule has 11 nitrogen and oxygen atoms in total. The predicted octanol–water partition coefficient (Wildman–Crippen LogP) is 3.03. The van der Waals surface area contributed by atoms with Crippen molar-refractivity contribution >= 4 is 45.8 Å². The van der Waals surface area contributed by atoms with Gasteiger partial charge < -0.3 is 21.1 Å². The number of aromatic nitrogens is 3. The Morgan fingerprint density at radius 1 is 1.22 bits per heavy atom. The highest BCUT2D eigenvalue weighted by Gasteiger charge is 2.35. The van der Waals surface area contributed by atoms with E-state index in [0.29, 0.717) is 41.1 Å². The van der Waals surface area contributed by atoms with Gasteiger partial charge in [-0.15, -0.1) is 21.5 Å². The van der Waals surface area contributed by atoms with Crippen molar-refractivity contribution in [3.63, 3.8) is 0 Å². The summed E-state index contributed by atoms with van der Waals surface area (Å²) >= 11 is 1.51. The zero-order valence-corrected chi connectivity index (χ0v) is 21.7. The van der Waals surface area contributed by atoms with E-state index in [0.717, 1.165) is 49.0 Å². The van der Waals surface area contributed by atoms with Gasteiger partial charge in [0.2, 0.25) is 11.9 Å². The highest BCUT2D eigenvalue weighted by molar-refractivity contribution is 7.17. The second-order valence-electron chi connectivity index (χ2n) is 9.95. The molecule has 2 amide bonds. The molecule has 0 unspecified atom stereocenters. The van der Waals surface area contributed by atoms with Crippen molar-refractivity contribution in [1.82, 2.24) is 20.1 Å². The summed E-state index contributed by atoms with van der Waals surface area (Å²) in [6, 6.07) is -0.00634. The first-order chi connectivity index (χ1) is 17.8. The molecule has 2 saturated carbocycles. The zero-order chi connectivity index (χ0) is 26.1. The van der Waals surface area contributed by atoms with E-state index in [1.54, 1.807) is 13.3 Å². The number of nitrogens with one attached hydrogen (secondary N) is 3. The Bertz CT molecular complexity index is 1290. The van der Waals surface area contributed by atoms with Gasteiger partial charge in [-0.25, -0.2) is 4.79 Å². The number of carbonyl (C=O) groups excluding carboxylic acids is 2. The highest BCUT2D eigenvalue weighted by atomic mass is 32.1. The minimum atomic E-state index is -1.11. The first-order valence-corrected chi connectivity index (χ1v) is 13.4. The van der Waals surface area contributed by atoms with Crippen LogP contribution in [0.4, 0.5) is 10.9 Å². The Morgan fingerprint density at radius 3 is 2.68 bits per heavy atom. The number of hydrogen-bond acceptors (Lipinski definition) is 8. The lowest BCUT2D eigenvalue weighted by atomic mass is 9.91. The molecule has 0 aliphatic heterocycles. The van der Waals surface area contributed by atoms with E-state index in [2.05, 4.69) is 31.1 Å². The van der Waals surface area contributed by atoms with Crippen LogP contribution in [0.5, 0.6) is 0 Å². The standard InChI is InChI=1S/C25H31N7O4S/c1-13(9-18(26-2)24(35)36)29-25-31-28-12-32(25)16-7-8-19-17(10-16)20(22(34)27-11-14-3-4-14)23(37-19)30-21(33)15-5-6-15/h9,12,14-16H,3-8,10-11H2,1-2H3,(H,27,34)(H,29,31)(H,30,33)(H,35,36)/b13-9+,26-18+/t16-/m0/s1. The predicted molar refractivity (Wildman–Crippen MR) is 140 cm³/mol. The number of rotatable bonds is 10. The maximum Gasteiger partial charge on any atom is 0.354 e. The van der Waals surface area contributed by atoms with Crippen LogP contribution >= 0.6 is 11.3 Å². The molecule has 3 aliphatic rings. The first-order valence-electron chi connectivity index (χ1n) is 12.6. The van der Waals surface area contributed by atoms with Gasteiger partial charge in [0, 0.05) is 36.1 Å². The summed E-state index contributed by atoms with van der Waals surface area (Å²) in [6.45, 7) is 2.40. The molecule has 3 aliphatic carbocycles. The molecule has 2 fully saturated rings. The minimum Gasteiger partial charge on any atom is -0.477 e. The van der Waals surface area contributed by atoms with Crippen molar-refractivity contribution in [2.75, 3.05) is 24.2 Å². The fourth-order valence-corrected chi connectivity index (χ4v) is 5.82. The average molecular weight is 526 g/mol. The molecule has 2 aromatic heterocycles. The normalized spacial score (nSPS) is 19.8. The van der Waals surface area contributed by atoms with E-state index in [4.69, 9.17) is 0 Å². The number of fused-ring (bicyclic) bond motifs is 1. The Labute approximate surface area is 218 Å². The molecule has 0 bridgehead atoms. The molecule has 1 atom stereocenters. The molecule has 196 valence electrons. The molecule has 0 aromatic carbocycles. The number of thiophene rings is 1. The van der Waals surface area contributed by atoms with E-state index in [1.807, 2.05) is 4.57 Å². The molecule has 37 heavy (non-hydrogen) atoms. The molecular weight excluding hydrogens is 494 g/mol. The Kier molecular flexibility index (Phi) is 7.09. The second kappa shape index (κ2) is 10.4. The van der Waals surface area contributed by atoms with Crippen molar-refractivity contribution in [1.29, 1.82) is 0 Å². The second-order valence-corrected chi connectivity index (χ2v) is 11.1. The average Bonchev–Trinajstić information content (AvgIpc) is 3.80. The largest absolute Gasteiger partial charge is 0.477 e. The Morgan fingerprint density at radius 2 is 2.00 bits per heavy atom. The van der Waals surface area contributed by atoms with Crippen LogP contribution in [0.25, 0.3) is 0 Å². The summed E-state index contributed by atoms with van der Waals surface area (Å²) in [6.07, 6.45) is 9.36. The van der Waals surface area contributed by atoms with Crippen LogP contribution in [0.15, 0.2) is 23.1 Å². The number of aryl methyl sites for hydroxylation is 1. The number of amides is 2. The molecule has 2 heterocycles. The number of carbonyl (C=O) groups is 3. The topological polar surface area (TPSA) is 151 Å². The summed E-state index contributed by atoms with van der Waals surface area (Å²) in [5, 5.41) is 27.4. The van der Waals surface area contributed by atoms with E-state index in [1.165, 1.54) is 24.5 Å². The summed E-state index contributed by atoms with van der Waals surface area (Å²) < 4.78 is 1.93. The molecule has 4 N–H and O–H groups in total. The van der Waals surface area contributed by atoms with E-state index >= 15 is 0 Å². The highest BCUT2D eigenvalue weighted by Crippen LogP contribution is 2.42. The van der Waals surface area contributed by atoms with Crippen molar-refractivity contribution < 1.29 is 19.5 Å². The number of carboxylic acids is 1. The minimum absolute atomic E-state index is 0.00435. The molecule has 0 saturated heterocycles. The molecule has 5 rings (SSSR count). The third-order valence-electron chi connectivity index (χ3n) is 6.98. The van der Waals surface area contributed by atoms with Crippen LogP contribution < -0.4 is 16.0 Å². The van der Waals surface area contributed by atoms with Crippen molar-refractivity contribution in [2.24, 2.45) is 16.8 Å². The summed E-state index contributed by atoms with van der Waals surface area (Å²) in [4.78, 5) is 42.1. The van der Waals surface area contributed by atoms with Gasteiger partial charge in [-0.05, 0) is 69.4 Å². The van der Waals surface area contributed by atoms with Crippen molar-refractivity contribution in [3.05, 3.63) is 34.1 Å². The Balaban J connectivity index is 1.38. The lowest BCUT2D eigenvalue weighted by Crippen LogP contribution is -2.28. The van der Waals surface area contributed by atoms with Crippen LogP contribution in [0.3, 0.4) is 0 Å². The molecule has 2 aromatic rings. The first kappa shape index (κ1) is 25.1. The van der Waals surface area contributed by atoms with Gasteiger partial charge in [-0.1, -0.05) is 0 Å². The van der Waals surface area contributed by atoms with E-state index < -0.39 is 5.97 Å². The number of aliphatic imine (C=N–C) groups is 1. The molecule has 12 heteroatoms. The van der Waals surface area contributed by atoms with Crippen LogP contribution in [-0.2, 0) is 22.4 Å². The SMILES string of the molecule is C/N=C(\C=C(/C)Nc1nncn1[C@H]1CCc2sc(NC(=O)C3CC3)c(C(=O)NCC3CC3)c2C1)C(=O)O. The number of anilines is 2. The maximum atomic E-state index is 13.3. The van der Waals surface area contributed by atoms with Crippen LogP contribution in [0.1, 0.15) is 65.9 Å². The van der Waals surface area contributed by atoms with Gasteiger partial charge in [0.25, 0.3) is 5.91 Å². The zero-order valence-electron chi connectivity index (χ0n) is 20.9. The van der Waals surface area contributed by atoms with Crippen LogP contribution in [-0.4, -0.2) is 57.0 Å². The number of aliphatic carboxylic acids is 1. The van der Waals surface area contributed by atoms with Crippen molar-refractivity contribution in [3.8, 4) is 0 Å². The van der Waals surface area contributed by atoms with Gasteiger partial charge in [-0.2, -0.15) is 0 Å². The lowest BCUT2D eigenvalue weighted by molar-refractivity contribution is -0.129. The number of nitrogens with zero attached hydrogens (tertiary/aromatic N) is 4. The number of carboxylic acid groups (broad SMARTS) is 1. The molecular formula is C25H31N7O4S. The van der Waals surface area contributed by atoms with Gasteiger partial charge in [0.05, 0.1) is 5.56 Å². The van der Waals surface area contributed by atoms with Crippen molar-refractivity contribution in [2.45, 2.75) is 57.9 Å². The molecule has 0 radical (unpaired) electrons. The third kappa shape index (κ3) is 5.74. The van der Waals surface area contributed by atoms with Crippen LogP contribution in [0, 0.1) is 11.8 Å². The lowest BCUT2D eigenvalue weighted by Gasteiger charge is -2.25. The third-order valence-corrected chi connectivity index (χ3v) is 8.19. The van der Waals surface area contributed by atoms with Crippen LogP contribution in [0.2, 0.25) is 0 Å². The number of allylic oxidation sites excluding steroid dienone is 1. The summed E-state index contributed by atoms with van der Waals surface area (Å²) in [7, 11) is 1.43. The fraction of sp³-hybridized carbons (Fsp3) is 0.520. The summed E-state index contributed by atoms with van der Waals surface area (Å²) in [5.41, 5.74) is 2.05. The smallest absolute Gasteiger partial charge is 0.354 e. The monoisotopic (exact) mass is 525 g/mol. The summed E-state index contributed by atoms with van der Waals surface area (Å²) in [5.74, 6) is -0.153. The van der Waals surface area contributed by atoms with E-state index in [-0.39, 0.29) is 29.5 Å². The fourth-order valence-electron chi connectivity index (χ4n) is 4.58. The van der Waals surface area contributed by atoms with Gasteiger partial charge in [0.1, 0.15) is 17.0 Å². The number of hydrogen-bond donors (Lipinski definition) is 4.